The number of carbonyl (C=O) groups is 2. The van der Waals surface area contributed by atoms with Crippen molar-refractivity contribution in [1.82, 2.24) is 25.3 Å². The molecule has 1 aromatic rings. The van der Waals surface area contributed by atoms with Gasteiger partial charge in [0.15, 0.2) is 0 Å². The number of carbonyl (C=O) groups excluding carboxylic acids is 2. The Morgan fingerprint density at radius 1 is 1.37 bits per heavy atom. The highest BCUT2D eigenvalue weighted by Crippen LogP contribution is 2.31. The fraction of sp³-hybridized carbons (Fsp3) is 0.737. The van der Waals surface area contributed by atoms with Crippen LogP contribution in [0.4, 0.5) is 0 Å². The Hall–Kier alpha value is -1.93. The largest absolute Gasteiger partial charge is 0.371 e. The lowest BCUT2D eigenvalue weighted by molar-refractivity contribution is -0.161. The first kappa shape index (κ1) is 18.4. The monoisotopic (exact) mass is 375 g/mol. The van der Waals surface area contributed by atoms with E-state index in [-0.39, 0.29) is 23.5 Å². The molecule has 3 fully saturated rings. The minimum atomic E-state index is -0.346. The molecule has 3 saturated heterocycles. The smallest absolute Gasteiger partial charge is 0.245 e. The third kappa shape index (κ3) is 4.01. The number of hydrogen-bond donors (Lipinski definition) is 2. The van der Waals surface area contributed by atoms with Crippen molar-refractivity contribution >= 4 is 11.8 Å². The molecule has 1 atom stereocenters. The van der Waals surface area contributed by atoms with Crippen molar-refractivity contribution in [2.45, 2.75) is 57.2 Å². The number of nitrogens with zero attached hydrogens (tertiary/aromatic N) is 3. The number of rotatable bonds is 4. The Bertz CT molecular complexity index is 695. The predicted octanol–water partition coefficient (Wildman–Crippen LogP) is 0.444. The molecule has 1 aromatic heterocycles. The van der Waals surface area contributed by atoms with E-state index in [4.69, 9.17) is 4.74 Å². The Kier molecular flexibility index (Phi) is 5.19. The lowest BCUT2D eigenvalue weighted by Gasteiger charge is -2.47. The number of aromatic amines is 1. The molecule has 1 spiro atoms. The summed E-state index contributed by atoms with van der Waals surface area (Å²) in [7, 11) is 0. The lowest BCUT2D eigenvalue weighted by atomic mass is 9.89. The molecule has 2 N–H and O–H groups in total. The van der Waals surface area contributed by atoms with E-state index in [1.54, 1.807) is 0 Å². The molecule has 27 heavy (non-hydrogen) atoms. The van der Waals surface area contributed by atoms with E-state index in [0.717, 1.165) is 50.3 Å². The van der Waals surface area contributed by atoms with Crippen LogP contribution in [0, 0.1) is 0 Å². The van der Waals surface area contributed by atoms with Crippen LogP contribution in [0.1, 0.15) is 44.0 Å². The van der Waals surface area contributed by atoms with E-state index in [0.29, 0.717) is 32.5 Å². The van der Waals surface area contributed by atoms with Crippen molar-refractivity contribution in [3.05, 3.63) is 17.5 Å². The second-order valence-corrected chi connectivity index (χ2v) is 7.96. The fourth-order valence-corrected chi connectivity index (χ4v) is 4.39. The van der Waals surface area contributed by atoms with Crippen molar-refractivity contribution in [1.29, 1.82) is 0 Å². The first-order valence-electron chi connectivity index (χ1n) is 10.0. The van der Waals surface area contributed by atoms with Crippen LogP contribution in [-0.4, -0.2) is 76.2 Å². The number of hydrogen-bond acceptors (Lipinski definition) is 5. The van der Waals surface area contributed by atoms with Crippen molar-refractivity contribution in [3.8, 4) is 0 Å². The molecule has 4 rings (SSSR count). The molecular formula is C19H29N5O3. The second kappa shape index (κ2) is 7.59. The van der Waals surface area contributed by atoms with Gasteiger partial charge in [-0.1, -0.05) is 6.92 Å². The molecule has 0 unspecified atom stereocenters. The summed E-state index contributed by atoms with van der Waals surface area (Å²) in [6.45, 7) is 6.70. The van der Waals surface area contributed by atoms with E-state index in [9.17, 15) is 9.59 Å². The third-order valence-corrected chi connectivity index (χ3v) is 6.06. The van der Waals surface area contributed by atoms with E-state index < -0.39 is 0 Å². The van der Waals surface area contributed by atoms with Gasteiger partial charge >= 0.3 is 0 Å². The highest BCUT2D eigenvalue weighted by atomic mass is 16.5. The van der Waals surface area contributed by atoms with Gasteiger partial charge in [0.05, 0.1) is 17.9 Å². The molecular weight excluding hydrogens is 346 g/mol. The van der Waals surface area contributed by atoms with Crippen LogP contribution in [0.5, 0.6) is 0 Å². The molecule has 8 heteroatoms. The normalized spacial score (nSPS) is 25.7. The number of ether oxygens (including phenoxy) is 1. The average Bonchev–Trinajstić information content (AvgIpc) is 3.32. The van der Waals surface area contributed by atoms with E-state index >= 15 is 0 Å². The van der Waals surface area contributed by atoms with Gasteiger partial charge in [0.1, 0.15) is 6.04 Å². The van der Waals surface area contributed by atoms with E-state index in [1.807, 2.05) is 4.90 Å². The predicted molar refractivity (Wildman–Crippen MR) is 98.9 cm³/mol. The van der Waals surface area contributed by atoms with Crippen LogP contribution in [0.2, 0.25) is 0 Å². The summed E-state index contributed by atoms with van der Waals surface area (Å²) in [5.74, 6) is 0.0326. The number of nitrogens with one attached hydrogen (secondary N) is 2. The second-order valence-electron chi connectivity index (χ2n) is 7.96. The van der Waals surface area contributed by atoms with Gasteiger partial charge in [-0.3, -0.25) is 19.6 Å². The number of aryl methyl sites for hydroxylation is 1. The summed E-state index contributed by atoms with van der Waals surface area (Å²) >= 11 is 0. The number of likely N-dealkylation sites (tertiary alicyclic amines) is 1. The van der Waals surface area contributed by atoms with Crippen molar-refractivity contribution in [2.24, 2.45) is 0 Å². The molecule has 3 aliphatic rings. The number of aromatic nitrogens is 2. The Morgan fingerprint density at radius 2 is 2.19 bits per heavy atom. The lowest BCUT2D eigenvalue weighted by Crippen LogP contribution is -2.60. The standard InChI is InChI=1S/C19H29N5O3/c1-2-14-11-15(22-21-14)12-23-7-5-19(6-8-23)13-24(9-10-27-19)18(26)16-3-4-17(25)20-16/h11,16H,2-10,12-13H2,1H3,(H,20,25)(H,21,22)/t16-/m0/s1. The first-order chi connectivity index (χ1) is 13.1. The van der Waals surface area contributed by atoms with Gasteiger partial charge in [-0.2, -0.15) is 5.10 Å². The zero-order chi connectivity index (χ0) is 18.9. The maximum Gasteiger partial charge on any atom is 0.245 e. The summed E-state index contributed by atoms with van der Waals surface area (Å²) < 4.78 is 6.16. The summed E-state index contributed by atoms with van der Waals surface area (Å²) in [5.41, 5.74) is 2.01. The zero-order valence-corrected chi connectivity index (χ0v) is 16.0. The fourth-order valence-electron chi connectivity index (χ4n) is 4.39. The molecule has 3 aliphatic heterocycles. The van der Waals surface area contributed by atoms with Gasteiger partial charge in [-0.15, -0.1) is 0 Å². The minimum Gasteiger partial charge on any atom is -0.371 e. The van der Waals surface area contributed by atoms with Crippen molar-refractivity contribution in [3.63, 3.8) is 0 Å². The minimum absolute atomic E-state index is 0.0188. The molecule has 0 radical (unpaired) electrons. The highest BCUT2D eigenvalue weighted by molar-refractivity contribution is 5.90. The van der Waals surface area contributed by atoms with Gasteiger partial charge in [-0.25, -0.2) is 0 Å². The molecule has 2 amide bonds. The quantitative estimate of drug-likeness (QED) is 0.797. The number of morpholine rings is 1. The van der Waals surface area contributed by atoms with Gasteiger partial charge < -0.3 is 15.0 Å². The van der Waals surface area contributed by atoms with Crippen LogP contribution in [0.3, 0.4) is 0 Å². The molecule has 4 heterocycles. The summed E-state index contributed by atoms with van der Waals surface area (Å²) in [5, 5.41) is 10.2. The average molecular weight is 375 g/mol. The number of H-pyrrole nitrogens is 1. The maximum atomic E-state index is 12.7. The van der Waals surface area contributed by atoms with Gasteiger partial charge in [0.25, 0.3) is 0 Å². The van der Waals surface area contributed by atoms with Crippen LogP contribution in [-0.2, 0) is 27.3 Å². The summed E-state index contributed by atoms with van der Waals surface area (Å²) in [4.78, 5) is 28.5. The molecule has 0 aliphatic carbocycles. The maximum absolute atomic E-state index is 12.7. The van der Waals surface area contributed by atoms with E-state index in [1.165, 1.54) is 0 Å². The van der Waals surface area contributed by atoms with E-state index in [2.05, 4.69) is 33.4 Å². The van der Waals surface area contributed by atoms with Crippen molar-refractivity contribution in [2.75, 3.05) is 32.8 Å². The Morgan fingerprint density at radius 3 is 2.85 bits per heavy atom. The molecule has 0 aromatic carbocycles. The SMILES string of the molecule is CCc1cc(CN2CCC3(CC2)CN(C(=O)[C@@H]2CCC(=O)N2)CCO3)[nH]n1. The van der Waals surface area contributed by atoms with Crippen LogP contribution < -0.4 is 5.32 Å². The van der Waals surface area contributed by atoms with Crippen LogP contribution >= 0.6 is 0 Å². The molecule has 148 valence electrons. The molecule has 0 saturated carbocycles. The number of amides is 2. The van der Waals surface area contributed by atoms with Gasteiger partial charge in [-0.05, 0) is 31.7 Å². The zero-order valence-electron chi connectivity index (χ0n) is 16.0. The Balaban J connectivity index is 1.31. The molecule has 8 nitrogen and oxygen atoms in total. The van der Waals surface area contributed by atoms with Crippen molar-refractivity contribution < 1.29 is 14.3 Å². The third-order valence-electron chi connectivity index (χ3n) is 6.06. The topological polar surface area (TPSA) is 90.6 Å². The van der Waals surface area contributed by atoms with Crippen LogP contribution in [0.15, 0.2) is 6.07 Å². The molecule has 0 bridgehead atoms. The van der Waals surface area contributed by atoms with Crippen LogP contribution in [0.25, 0.3) is 0 Å². The highest BCUT2D eigenvalue weighted by Gasteiger charge is 2.42. The summed E-state index contributed by atoms with van der Waals surface area (Å²) in [6.07, 6.45) is 3.85. The first-order valence-corrected chi connectivity index (χ1v) is 10.0. The van der Waals surface area contributed by atoms with Gasteiger partial charge in [0, 0.05) is 44.8 Å². The number of piperidine rings is 1. The Labute approximate surface area is 159 Å². The summed E-state index contributed by atoms with van der Waals surface area (Å²) in [6, 6.07) is 1.79. The van der Waals surface area contributed by atoms with Gasteiger partial charge in [0.2, 0.25) is 11.8 Å².